The van der Waals surface area contributed by atoms with E-state index in [1.807, 2.05) is 13.8 Å². The van der Waals surface area contributed by atoms with Gasteiger partial charge in [-0.15, -0.1) is 0 Å². The molecule has 0 unspecified atom stereocenters. The minimum absolute atomic E-state index is 0.0128. The predicted octanol–water partition coefficient (Wildman–Crippen LogP) is 1.51. The third-order valence-electron chi connectivity index (χ3n) is 1.73. The Labute approximate surface area is 79.4 Å². The molecule has 0 aliphatic carbocycles. The average Bonchev–Trinajstić information content (AvgIpc) is 2.05. The molecule has 0 saturated heterocycles. The number of esters is 1. The van der Waals surface area contributed by atoms with Gasteiger partial charge in [0.1, 0.15) is 0 Å². The van der Waals surface area contributed by atoms with Crippen molar-refractivity contribution in [2.75, 3.05) is 13.2 Å². The fraction of sp³-hybridized carbons (Fsp3) is 0.700. The molecule has 0 heterocycles. The molecule has 76 valence electrons. The molecule has 1 N–H and O–H groups in total. The number of hydrogen-bond acceptors (Lipinski definition) is 3. The summed E-state index contributed by atoms with van der Waals surface area (Å²) in [5.74, 6) is -0.197. The van der Waals surface area contributed by atoms with Gasteiger partial charge in [0.15, 0.2) is 0 Å². The molecule has 3 nitrogen and oxygen atoms in total. The Balaban J connectivity index is 4.05. The Morgan fingerprint density at radius 1 is 1.46 bits per heavy atom. The number of ether oxygens (including phenoxy) is 1. The Hall–Kier alpha value is -0.830. The number of aliphatic hydroxyl groups is 1. The molecule has 0 aromatic rings. The van der Waals surface area contributed by atoms with Gasteiger partial charge >= 0.3 is 5.97 Å². The van der Waals surface area contributed by atoms with Crippen molar-refractivity contribution >= 4 is 5.97 Å². The fourth-order valence-electron chi connectivity index (χ4n) is 0.862. The van der Waals surface area contributed by atoms with Crippen LogP contribution in [-0.2, 0) is 9.53 Å². The largest absolute Gasteiger partial charge is 0.466 e. The first kappa shape index (κ1) is 12.2. The molecular weight excluding hydrogens is 168 g/mol. The molecule has 0 radical (unpaired) electrons. The van der Waals surface area contributed by atoms with Crippen LogP contribution in [-0.4, -0.2) is 24.3 Å². The van der Waals surface area contributed by atoms with E-state index in [4.69, 9.17) is 9.84 Å². The topological polar surface area (TPSA) is 46.5 Å². The van der Waals surface area contributed by atoms with E-state index in [1.54, 1.807) is 19.1 Å². The highest BCUT2D eigenvalue weighted by molar-refractivity contribution is 5.76. The first-order chi connectivity index (χ1) is 6.04. The normalized spacial score (nSPS) is 12.0. The van der Waals surface area contributed by atoms with Crippen LogP contribution in [0.2, 0.25) is 0 Å². The van der Waals surface area contributed by atoms with E-state index in [9.17, 15) is 4.79 Å². The number of aliphatic hydroxyl groups excluding tert-OH is 1. The second kappa shape index (κ2) is 5.75. The SMILES string of the molecule is CCOC(=O)C(C)(C)C/C=C/CO. The summed E-state index contributed by atoms with van der Waals surface area (Å²) in [4.78, 5) is 11.3. The lowest BCUT2D eigenvalue weighted by molar-refractivity contribution is -0.153. The molecule has 0 aromatic carbocycles. The molecule has 13 heavy (non-hydrogen) atoms. The molecule has 0 bridgehead atoms. The van der Waals surface area contributed by atoms with E-state index in [0.717, 1.165) is 0 Å². The van der Waals surface area contributed by atoms with Crippen molar-refractivity contribution in [2.24, 2.45) is 5.41 Å². The van der Waals surface area contributed by atoms with Crippen molar-refractivity contribution in [2.45, 2.75) is 27.2 Å². The maximum atomic E-state index is 11.3. The van der Waals surface area contributed by atoms with Crippen LogP contribution in [0.25, 0.3) is 0 Å². The van der Waals surface area contributed by atoms with Gasteiger partial charge in [0.05, 0.1) is 18.6 Å². The minimum Gasteiger partial charge on any atom is -0.466 e. The lowest BCUT2D eigenvalue weighted by atomic mass is 9.89. The highest BCUT2D eigenvalue weighted by Gasteiger charge is 2.27. The summed E-state index contributed by atoms with van der Waals surface area (Å²) < 4.78 is 4.90. The van der Waals surface area contributed by atoms with Crippen LogP contribution >= 0.6 is 0 Å². The summed E-state index contributed by atoms with van der Waals surface area (Å²) in [5.41, 5.74) is -0.498. The third kappa shape index (κ3) is 4.68. The summed E-state index contributed by atoms with van der Waals surface area (Å²) in [6, 6.07) is 0. The van der Waals surface area contributed by atoms with Gasteiger partial charge in [0.2, 0.25) is 0 Å². The zero-order valence-corrected chi connectivity index (χ0v) is 8.54. The van der Waals surface area contributed by atoms with Crippen molar-refractivity contribution in [3.05, 3.63) is 12.2 Å². The van der Waals surface area contributed by atoms with Gasteiger partial charge in [-0.2, -0.15) is 0 Å². The second-order valence-corrected chi connectivity index (χ2v) is 3.46. The van der Waals surface area contributed by atoms with E-state index in [1.165, 1.54) is 0 Å². The summed E-state index contributed by atoms with van der Waals surface area (Å²) in [6.45, 7) is 5.86. The third-order valence-corrected chi connectivity index (χ3v) is 1.73. The molecular formula is C10H18O3. The van der Waals surface area contributed by atoms with Crippen molar-refractivity contribution in [3.63, 3.8) is 0 Å². The Morgan fingerprint density at radius 3 is 2.54 bits per heavy atom. The van der Waals surface area contributed by atoms with Crippen molar-refractivity contribution in [3.8, 4) is 0 Å². The number of allylic oxidation sites excluding steroid dienone is 1. The Morgan fingerprint density at radius 2 is 2.08 bits per heavy atom. The molecule has 0 rings (SSSR count). The van der Waals surface area contributed by atoms with Crippen molar-refractivity contribution < 1.29 is 14.6 Å². The molecule has 0 aliphatic heterocycles. The minimum atomic E-state index is -0.498. The monoisotopic (exact) mass is 186 g/mol. The Bertz CT molecular complexity index is 183. The number of hydrogen-bond donors (Lipinski definition) is 1. The van der Waals surface area contributed by atoms with Crippen LogP contribution in [0.5, 0.6) is 0 Å². The van der Waals surface area contributed by atoms with Crippen LogP contribution in [0.3, 0.4) is 0 Å². The van der Waals surface area contributed by atoms with Crippen LogP contribution in [0, 0.1) is 5.41 Å². The molecule has 0 atom stereocenters. The maximum Gasteiger partial charge on any atom is 0.311 e. The molecule has 0 aromatic heterocycles. The van der Waals surface area contributed by atoms with Gasteiger partial charge in [-0.1, -0.05) is 12.2 Å². The van der Waals surface area contributed by atoms with Crippen LogP contribution in [0.4, 0.5) is 0 Å². The van der Waals surface area contributed by atoms with Gasteiger partial charge < -0.3 is 9.84 Å². The number of carbonyl (C=O) groups is 1. The molecule has 0 saturated carbocycles. The molecule has 0 aliphatic rings. The quantitative estimate of drug-likeness (QED) is 0.523. The standard InChI is InChI=1S/C10H18O3/c1-4-13-9(12)10(2,3)7-5-6-8-11/h5-6,11H,4,7-8H2,1-3H3/b6-5+. The van der Waals surface area contributed by atoms with E-state index >= 15 is 0 Å². The van der Waals surface area contributed by atoms with Gasteiger partial charge in [-0.25, -0.2) is 0 Å². The highest BCUT2D eigenvalue weighted by Crippen LogP contribution is 2.22. The van der Waals surface area contributed by atoms with E-state index in [0.29, 0.717) is 13.0 Å². The zero-order chi connectivity index (χ0) is 10.3. The summed E-state index contributed by atoms with van der Waals surface area (Å²) >= 11 is 0. The van der Waals surface area contributed by atoms with Crippen molar-refractivity contribution in [1.82, 2.24) is 0 Å². The summed E-state index contributed by atoms with van der Waals surface area (Å²) in [6.07, 6.45) is 4.00. The number of carbonyl (C=O) groups excluding carboxylic acids is 1. The first-order valence-electron chi connectivity index (χ1n) is 4.47. The van der Waals surface area contributed by atoms with Gasteiger partial charge in [-0.05, 0) is 27.2 Å². The van der Waals surface area contributed by atoms with E-state index in [2.05, 4.69) is 0 Å². The second-order valence-electron chi connectivity index (χ2n) is 3.46. The lowest BCUT2D eigenvalue weighted by Crippen LogP contribution is -2.25. The maximum absolute atomic E-state index is 11.3. The van der Waals surface area contributed by atoms with Gasteiger partial charge in [0.25, 0.3) is 0 Å². The molecule has 0 amide bonds. The summed E-state index contributed by atoms with van der Waals surface area (Å²) in [7, 11) is 0. The average molecular weight is 186 g/mol. The zero-order valence-electron chi connectivity index (χ0n) is 8.54. The Kier molecular flexibility index (Phi) is 5.39. The number of rotatable bonds is 5. The van der Waals surface area contributed by atoms with E-state index in [-0.39, 0.29) is 12.6 Å². The molecule has 3 heteroatoms. The van der Waals surface area contributed by atoms with E-state index < -0.39 is 5.41 Å². The summed E-state index contributed by atoms with van der Waals surface area (Å²) in [5, 5.41) is 8.50. The van der Waals surface area contributed by atoms with Crippen LogP contribution in [0.1, 0.15) is 27.2 Å². The van der Waals surface area contributed by atoms with Gasteiger partial charge in [-0.3, -0.25) is 4.79 Å². The lowest BCUT2D eigenvalue weighted by Gasteiger charge is -2.19. The molecule has 0 fully saturated rings. The predicted molar refractivity (Wildman–Crippen MR) is 51.3 cm³/mol. The van der Waals surface area contributed by atoms with Gasteiger partial charge in [0, 0.05) is 0 Å². The molecule has 0 spiro atoms. The highest BCUT2D eigenvalue weighted by atomic mass is 16.5. The first-order valence-corrected chi connectivity index (χ1v) is 4.47. The fourth-order valence-corrected chi connectivity index (χ4v) is 0.862. The van der Waals surface area contributed by atoms with Crippen molar-refractivity contribution in [1.29, 1.82) is 0 Å². The smallest absolute Gasteiger partial charge is 0.311 e. The van der Waals surface area contributed by atoms with Crippen LogP contribution in [0.15, 0.2) is 12.2 Å². The van der Waals surface area contributed by atoms with Crippen LogP contribution < -0.4 is 0 Å².